The number of nitrogens with zero attached hydrogens (tertiary/aromatic N) is 2. The highest BCUT2D eigenvalue weighted by Gasteiger charge is 2.23. The fraction of sp³-hybridized carbons (Fsp3) is 0.769. The number of nitrogens with one attached hydrogen (secondary N) is 2. The molecule has 2 heterocycles. The third-order valence-corrected chi connectivity index (χ3v) is 5.11. The maximum absolute atomic E-state index is 12.2. The van der Waals surface area contributed by atoms with Crippen molar-refractivity contribution < 1.29 is 13.2 Å². The van der Waals surface area contributed by atoms with Gasteiger partial charge in [-0.1, -0.05) is 13.8 Å². The van der Waals surface area contributed by atoms with Crippen LogP contribution in [0.2, 0.25) is 0 Å². The molecule has 1 atom stereocenters. The van der Waals surface area contributed by atoms with Gasteiger partial charge in [-0.25, -0.2) is 18.1 Å². The average Bonchev–Trinajstić information content (AvgIpc) is 2.99. The van der Waals surface area contributed by atoms with E-state index in [9.17, 15) is 8.42 Å². The molecule has 0 aliphatic carbocycles. The fourth-order valence-corrected chi connectivity index (χ4v) is 3.43. The molecule has 8 heteroatoms. The number of rotatable bonds is 7. The Morgan fingerprint density at radius 2 is 2.14 bits per heavy atom. The van der Waals surface area contributed by atoms with Crippen LogP contribution in [0.25, 0.3) is 0 Å². The van der Waals surface area contributed by atoms with Crippen molar-refractivity contribution in [2.45, 2.75) is 37.8 Å². The van der Waals surface area contributed by atoms with Crippen LogP contribution < -0.4 is 4.72 Å². The van der Waals surface area contributed by atoms with E-state index in [1.807, 2.05) is 6.92 Å². The molecule has 2 N–H and O–H groups in total. The van der Waals surface area contributed by atoms with Crippen molar-refractivity contribution in [1.29, 1.82) is 0 Å². The van der Waals surface area contributed by atoms with E-state index in [2.05, 4.69) is 26.5 Å². The normalized spacial score (nSPS) is 18.8. The predicted octanol–water partition coefficient (Wildman–Crippen LogP) is 0.361. The second-order valence-electron chi connectivity index (χ2n) is 5.11. The highest BCUT2D eigenvalue weighted by atomic mass is 32.2. The van der Waals surface area contributed by atoms with Gasteiger partial charge in [0.05, 0.1) is 19.4 Å². The highest BCUT2D eigenvalue weighted by molar-refractivity contribution is 7.89. The van der Waals surface area contributed by atoms with E-state index in [0.717, 1.165) is 19.5 Å². The van der Waals surface area contributed by atoms with Crippen molar-refractivity contribution in [2.75, 3.05) is 32.8 Å². The summed E-state index contributed by atoms with van der Waals surface area (Å²) in [4.78, 5) is 9.14. The van der Waals surface area contributed by atoms with E-state index >= 15 is 0 Å². The molecule has 1 aliphatic rings. The van der Waals surface area contributed by atoms with E-state index in [1.54, 1.807) is 0 Å². The lowest BCUT2D eigenvalue weighted by Gasteiger charge is -2.33. The molecule has 0 unspecified atom stereocenters. The monoisotopic (exact) mass is 316 g/mol. The maximum Gasteiger partial charge on any atom is 0.257 e. The molecule has 1 fully saturated rings. The van der Waals surface area contributed by atoms with E-state index in [4.69, 9.17) is 4.74 Å². The molecular formula is C13H24N4O3S. The number of aryl methyl sites for hydroxylation is 1. The first kappa shape index (κ1) is 16.4. The summed E-state index contributed by atoms with van der Waals surface area (Å²) >= 11 is 0. The summed E-state index contributed by atoms with van der Waals surface area (Å²) in [6.07, 6.45) is 2.95. The van der Waals surface area contributed by atoms with Crippen LogP contribution in [-0.2, 0) is 21.2 Å². The molecule has 21 heavy (non-hydrogen) atoms. The Labute approximate surface area is 126 Å². The van der Waals surface area contributed by atoms with Crippen LogP contribution in [0.4, 0.5) is 0 Å². The molecule has 1 saturated heterocycles. The van der Waals surface area contributed by atoms with Gasteiger partial charge in [0.15, 0.2) is 5.03 Å². The molecular weight excluding hydrogens is 292 g/mol. The van der Waals surface area contributed by atoms with Crippen molar-refractivity contribution in [1.82, 2.24) is 19.6 Å². The lowest BCUT2D eigenvalue weighted by Crippen LogP contribution is -2.48. The minimum absolute atomic E-state index is 0.135. The molecule has 0 radical (unpaired) electrons. The summed E-state index contributed by atoms with van der Waals surface area (Å²) in [5.41, 5.74) is 0. The predicted molar refractivity (Wildman–Crippen MR) is 79.6 cm³/mol. The van der Waals surface area contributed by atoms with E-state index in [-0.39, 0.29) is 11.1 Å². The molecule has 2 rings (SSSR count). The summed E-state index contributed by atoms with van der Waals surface area (Å²) in [6, 6.07) is 0.192. The molecule has 120 valence electrons. The van der Waals surface area contributed by atoms with Crippen molar-refractivity contribution in [3.05, 3.63) is 12.0 Å². The third-order valence-electron chi connectivity index (χ3n) is 3.77. The number of hydrogen-bond acceptors (Lipinski definition) is 5. The Morgan fingerprint density at radius 1 is 1.43 bits per heavy atom. The second kappa shape index (κ2) is 7.35. The van der Waals surface area contributed by atoms with E-state index in [0.29, 0.717) is 32.0 Å². The minimum atomic E-state index is -3.52. The van der Waals surface area contributed by atoms with Gasteiger partial charge < -0.3 is 9.72 Å². The lowest BCUT2D eigenvalue weighted by molar-refractivity contribution is 0.0169. The number of imidazole rings is 1. The first-order chi connectivity index (χ1) is 10.1. The Hall–Kier alpha value is -0.960. The molecule has 1 aliphatic heterocycles. The van der Waals surface area contributed by atoms with Crippen molar-refractivity contribution in [3.63, 3.8) is 0 Å². The lowest BCUT2D eigenvalue weighted by atomic mass is 10.2. The number of aromatic amines is 1. The molecule has 0 spiro atoms. The summed E-state index contributed by atoms with van der Waals surface area (Å²) in [5.74, 6) is 0.676. The van der Waals surface area contributed by atoms with Gasteiger partial charge in [-0.05, 0) is 6.42 Å². The van der Waals surface area contributed by atoms with E-state index < -0.39 is 10.0 Å². The van der Waals surface area contributed by atoms with Crippen LogP contribution in [0.5, 0.6) is 0 Å². The fourth-order valence-electron chi connectivity index (χ4n) is 2.42. The van der Waals surface area contributed by atoms with Gasteiger partial charge in [0.1, 0.15) is 5.82 Å². The van der Waals surface area contributed by atoms with Crippen LogP contribution in [0.3, 0.4) is 0 Å². The minimum Gasteiger partial charge on any atom is -0.379 e. The topological polar surface area (TPSA) is 87.3 Å². The Balaban J connectivity index is 1.95. The zero-order valence-electron chi connectivity index (χ0n) is 12.6. The summed E-state index contributed by atoms with van der Waals surface area (Å²) < 4.78 is 32.5. The van der Waals surface area contributed by atoms with Gasteiger partial charge in [0.25, 0.3) is 10.0 Å². The first-order valence-electron chi connectivity index (χ1n) is 7.42. The molecule has 0 amide bonds. The zero-order valence-corrected chi connectivity index (χ0v) is 13.4. The molecule has 1 aromatic rings. The number of hydrogen-bond donors (Lipinski definition) is 2. The smallest absolute Gasteiger partial charge is 0.257 e. The Kier molecular flexibility index (Phi) is 5.74. The number of ether oxygens (including phenoxy) is 1. The van der Waals surface area contributed by atoms with Gasteiger partial charge in [0.2, 0.25) is 0 Å². The Morgan fingerprint density at radius 3 is 2.71 bits per heavy atom. The number of morpholine rings is 1. The third kappa shape index (κ3) is 4.26. The van der Waals surface area contributed by atoms with Gasteiger partial charge in [0, 0.05) is 32.1 Å². The quantitative estimate of drug-likeness (QED) is 0.758. The van der Waals surface area contributed by atoms with Crippen molar-refractivity contribution >= 4 is 10.0 Å². The Bertz CT molecular complexity index is 537. The number of aromatic nitrogens is 2. The molecule has 0 saturated carbocycles. The average molecular weight is 316 g/mol. The molecule has 0 bridgehead atoms. The number of H-pyrrole nitrogens is 1. The SMILES string of the molecule is CCc1ncc(S(=O)(=O)NC[C@@H](CC)N2CCOCC2)[nH]1. The van der Waals surface area contributed by atoms with Gasteiger partial charge in [-0.3, -0.25) is 4.90 Å². The van der Waals surface area contributed by atoms with Gasteiger partial charge in [-0.2, -0.15) is 0 Å². The van der Waals surface area contributed by atoms with Gasteiger partial charge in [-0.15, -0.1) is 0 Å². The first-order valence-corrected chi connectivity index (χ1v) is 8.90. The summed E-state index contributed by atoms with van der Waals surface area (Å²) in [7, 11) is -3.52. The molecule has 0 aromatic carbocycles. The van der Waals surface area contributed by atoms with Crippen LogP contribution in [0.1, 0.15) is 26.1 Å². The summed E-state index contributed by atoms with van der Waals surface area (Å²) in [5, 5.41) is 0.135. The zero-order chi connectivity index (χ0) is 15.3. The standard InChI is InChI=1S/C13H24N4O3S/c1-3-11(17-5-7-20-8-6-17)9-15-21(18,19)13-10-14-12(4-2)16-13/h10-11,15H,3-9H2,1-2H3,(H,14,16)/t11-/m1/s1. The van der Waals surface area contributed by atoms with Crippen LogP contribution in [0, 0.1) is 0 Å². The number of sulfonamides is 1. The molecule has 7 nitrogen and oxygen atoms in total. The van der Waals surface area contributed by atoms with Crippen molar-refractivity contribution in [3.8, 4) is 0 Å². The maximum atomic E-state index is 12.2. The van der Waals surface area contributed by atoms with Crippen molar-refractivity contribution in [2.24, 2.45) is 0 Å². The van der Waals surface area contributed by atoms with E-state index in [1.165, 1.54) is 6.20 Å². The summed E-state index contributed by atoms with van der Waals surface area (Å²) in [6.45, 7) is 7.52. The van der Waals surface area contributed by atoms with Crippen LogP contribution in [-0.4, -0.2) is 62.2 Å². The molecule has 1 aromatic heterocycles. The largest absolute Gasteiger partial charge is 0.379 e. The second-order valence-corrected chi connectivity index (χ2v) is 6.85. The van der Waals surface area contributed by atoms with Crippen LogP contribution >= 0.6 is 0 Å². The van der Waals surface area contributed by atoms with Gasteiger partial charge >= 0.3 is 0 Å². The van der Waals surface area contributed by atoms with Crippen LogP contribution in [0.15, 0.2) is 11.2 Å². The highest BCUT2D eigenvalue weighted by Crippen LogP contribution is 2.10.